The molecule has 1 aliphatic rings. The van der Waals surface area contributed by atoms with Crippen molar-refractivity contribution < 1.29 is 28.2 Å². The molecule has 0 radical (unpaired) electrons. The largest absolute Gasteiger partial charge is 0.480 e. The molecular formula is C13H14F2N2O4. The first-order chi connectivity index (χ1) is 9.97. The molecule has 0 aliphatic carbocycles. The van der Waals surface area contributed by atoms with Crippen LogP contribution in [0.25, 0.3) is 0 Å². The molecule has 114 valence electrons. The van der Waals surface area contributed by atoms with E-state index in [2.05, 4.69) is 10.1 Å². The Labute approximate surface area is 119 Å². The molecule has 1 aromatic rings. The van der Waals surface area contributed by atoms with Crippen molar-refractivity contribution in [2.24, 2.45) is 0 Å². The normalized spacial score (nSPS) is 17.9. The molecule has 2 N–H and O–H groups in total. The Bertz CT molecular complexity index is 521. The number of hydrogen-bond acceptors (Lipinski definition) is 3. The summed E-state index contributed by atoms with van der Waals surface area (Å²) >= 11 is 0. The Balaban J connectivity index is 1.97. The summed E-state index contributed by atoms with van der Waals surface area (Å²) in [6.07, 6.45) is 1.05. The molecule has 0 spiro atoms. The molecule has 2 amide bonds. The number of anilines is 1. The van der Waals surface area contributed by atoms with Gasteiger partial charge in [0.05, 0.1) is 0 Å². The number of carbonyl (C=O) groups is 2. The zero-order chi connectivity index (χ0) is 15.4. The lowest BCUT2D eigenvalue weighted by molar-refractivity contribution is -0.141. The fraction of sp³-hybridized carbons (Fsp3) is 0.385. The zero-order valence-electron chi connectivity index (χ0n) is 11.0. The van der Waals surface area contributed by atoms with E-state index in [1.54, 1.807) is 0 Å². The molecule has 1 saturated heterocycles. The summed E-state index contributed by atoms with van der Waals surface area (Å²) in [5, 5.41) is 11.5. The number of nitrogens with one attached hydrogen (secondary N) is 1. The lowest BCUT2D eigenvalue weighted by atomic mass is 10.2. The van der Waals surface area contributed by atoms with Gasteiger partial charge in [0.1, 0.15) is 11.8 Å². The highest BCUT2D eigenvalue weighted by atomic mass is 19.3. The molecule has 21 heavy (non-hydrogen) atoms. The third-order valence-corrected chi connectivity index (χ3v) is 3.13. The van der Waals surface area contributed by atoms with Crippen molar-refractivity contribution in [2.45, 2.75) is 25.5 Å². The standard InChI is InChI=1S/C13H14F2N2O4/c14-12(15)21-9-5-3-8(4-6-9)16-13(20)17-7-1-2-10(17)11(18)19/h3-6,10,12H,1-2,7H2,(H,16,20)(H,18,19)/t10-/m0/s1. The predicted molar refractivity (Wildman–Crippen MR) is 69.5 cm³/mol. The number of ether oxygens (including phenoxy) is 1. The van der Waals surface area contributed by atoms with Gasteiger partial charge in [-0.25, -0.2) is 9.59 Å². The molecule has 8 heteroatoms. The maximum absolute atomic E-state index is 12.0. The van der Waals surface area contributed by atoms with Gasteiger partial charge in [-0.2, -0.15) is 8.78 Å². The number of benzene rings is 1. The highest BCUT2D eigenvalue weighted by Crippen LogP contribution is 2.21. The van der Waals surface area contributed by atoms with E-state index in [9.17, 15) is 18.4 Å². The van der Waals surface area contributed by atoms with Crippen molar-refractivity contribution in [1.82, 2.24) is 4.90 Å². The van der Waals surface area contributed by atoms with Crippen LogP contribution in [0.4, 0.5) is 19.3 Å². The quantitative estimate of drug-likeness (QED) is 0.894. The summed E-state index contributed by atoms with van der Waals surface area (Å²) < 4.78 is 28.2. The third kappa shape index (κ3) is 3.80. The highest BCUT2D eigenvalue weighted by Gasteiger charge is 2.33. The van der Waals surface area contributed by atoms with E-state index in [-0.39, 0.29) is 5.75 Å². The van der Waals surface area contributed by atoms with Gasteiger partial charge in [0.2, 0.25) is 0 Å². The Morgan fingerprint density at radius 2 is 2.00 bits per heavy atom. The van der Waals surface area contributed by atoms with E-state index in [1.807, 2.05) is 0 Å². The third-order valence-electron chi connectivity index (χ3n) is 3.13. The number of nitrogens with zero attached hydrogens (tertiary/aromatic N) is 1. The predicted octanol–water partition coefficient (Wildman–Crippen LogP) is 2.37. The van der Waals surface area contributed by atoms with Crippen molar-refractivity contribution in [3.63, 3.8) is 0 Å². The average molecular weight is 300 g/mol. The van der Waals surface area contributed by atoms with Crippen LogP contribution in [0.3, 0.4) is 0 Å². The van der Waals surface area contributed by atoms with Gasteiger partial charge in [0, 0.05) is 12.2 Å². The summed E-state index contributed by atoms with van der Waals surface area (Å²) in [5.41, 5.74) is 0.373. The Morgan fingerprint density at radius 3 is 2.57 bits per heavy atom. The maximum atomic E-state index is 12.0. The molecule has 0 aromatic heterocycles. The molecule has 1 fully saturated rings. The summed E-state index contributed by atoms with van der Waals surface area (Å²) in [6, 6.07) is 4.04. The zero-order valence-corrected chi connectivity index (χ0v) is 11.0. The van der Waals surface area contributed by atoms with E-state index >= 15 is 0 Å². The monoisotopic (exact) mass is 300 g/mol. The summed E-state index contributed by atoms with van der Waals surface area (Å²) in [4.78, 5) is 24.2. The lowest BCUT2D eigenvalue weighted by Crippen LogP contribution is -2.42. The maximum Gasteiger partial charge on any atom is 0.387 e. The molecule has 1 heterocycles. The summed E-state index contributed by atoms with van der Waals surface area (Å²) in [5.74, 6) is -1.06. The molecule has 6 nitrogen and oxygen atoms in total. The Kier molecular flexibility index (Phi) is 4.56. The molecule has 1 aliphatic heterocycles. The second-order valence-electron chi connectivity index (χ2n) is 4.52. The molecule has 1 aromatic carbocycles. The van der Waals surface area contributed by atoms with E-state index in [0.717, 1.165) is 0 Å². The first-order valence-corrected chi connectivity index (χ1v) is 6.32. The first kappa shape index (κ1) is 15.0. The van der Waals surface area contributed by atoms with Gasteiger partial charge in [-0.05, 0) is 37.1 Å². The fourth-order valence-electron chi connectivity index (χ4n) is 2.18. The van der Waals surface area contributed by atoms with Crippen LogP contribution >= 0.6 is 0 Å². The molecule has 0 unspecified atom stereocenters. The Morgan fingerprint density at radius 1 is 1.33 bits per heavy atom. The van der Waals surface area contributed by atoms with Crippen LogP contribution < -0.4 is 10.1 Å². The number of likely N-dealkylation sites (tertiary alicyclic amines) is 1. The molecule has 2 rings (SSSR count). The van der Waals surface area contributed by atoms with Gasteiger partial charge in [0.25, 0.3) is 0 Å². The van der Waals surface area contributed by atoms with Crippen LogP contribution in [-0.2, 0) is 4.79 Å². The average Bonchev–Trinajstić information content (AvgIpc) is 2.90. The minimum Gasteiger partial charge on any atom is -0.480 e. The van der Waals surface area contributed by atoms with E-state index in [4.69, 9.17) is 5.11 Å². The van der Waals surface area contributed by atoms with Gasteiger partial charge < -0.3 is 20.1 Å². The SMILES string of the molecule is O=C(O)[C@@H]1CCCN1C(=O)Nc1ccc(OC(F)F)cc1. The van der Waals surface area contributed by atoms with Crippen molar-refractivity contribution in [3.8, 4) is 5.75 Å². The van der Waals surface area contributed by atoms with Gasteiger partial charge >= 0.3 is 18.6 Å². The van der Waals surface area contributed by atoms with Crippen LogP contribution in [0.1, 0.15) is 12.8 Å². The van der Waals surface area contributed by atoms with Crippen molar-refractivity contribution in [3.05, 3.63) is 24.3 Å². The van der Waals surface area contributed by atoms with E-state index in [1.165, 1.54) is 29.2 Å². The van der Waals surface area contributed by atoms with Crippen molar-refractivity contribution in [2.75, 3.05) is 11.9 Å². The first-order valence-electron chi connectivity index (χ1n) is 6.32. The molecular weight excluding hydrogens is 286 g/mol. The van der Waals surface area contributed by atoms with Gasteiger partial charge in [-0.15, -0.1) is 0 Å². The number of carboxylic acids is 1. The molecule has 0 bridgehead atoms. The van der Waals surface area contributed by atoms with Crippen molar-refractivity contribution in [1.29, 1.82) is 0 Å². The van der Waals surface area contributed by atoms with Crippen LogP contribution in [0, 0.1) is 0 Å². The number of hydrogen-bond donors (Lipinski definition) is 2. The fourth-order valence-corrected chi connectivity index (χ4v) is 2.18. The topological polar surface area (TPSA) is 78.9 Å². The van der Waals surface area contributed by atoms with Crippen LogP contribution in [0.15, 0.2) is 24.3 Å². The number of alkyl halides is 2. The number of rotatable bonds is 4. The summed E-state index contributed by atoms with van der Waals surface area (Å²) in [6.45, 7) is -2.54. The number of carboxylic acid groups (broad SMARTS) is 1. The number of amides is 2. The molecule has 0 saturated carbocycles. The number of urea groups is 1. The number of aliphatic carboxylic acids is 1. The van der Waals surface area contributed by atoms with Crippen LogP contribution in [-0.4, -0.2) is 41.2 Å². The van der Waals surface area contributed by atoms with E-state index in [0.29, 0.717) is 25.1 Å². The second kappa shape index (κ2) is 6.38. The van der Waals surface area contributed by atoms with Crippen LogP contribution in [0.5, 0.6) is 5.75 Å². The minimum absolute atomic E-state index is 0.0208. The minimum atomic E-state index is -2.91. The van der Waals surface area contributed by atoms with Gasteiger partial charge in [-0.1, -0.05) is 0 Å². The second-order valence-corrected chi connectivity index (χ2v) is 4.52. The van der Waals surface area contributed by atoms with Gasteiger partial charge in [0.15, 0.2) is 0 Å². The van der Waals surface area contributed by atoms with Crippen LogP contribution in [0.2, 0.25) is 0 Å². The highest BCUT2D eigenvalue weighted by molar-refractivity contribution is 5.92. The lowest BCUT2D eigenvalue weighted by Gasteiger charge is -2.21. The smallest absolute Gasteiger partial charge is 0.387 e. The van der Waals surface area contributed by atoms with Crippen molar-refractivity contribution >= 4 is 17.7 Å². The number of carbonyl (C=O) groups excluding carboxylic acids is 1. The summed E-state index contributed by atoms with van der Waals surface area (Å²) in [7, 11) is 0. The molecule has 1 atom stereocenters. The number of halogens is 2. The van der Waals surface area contributed by atoms with E-state index < -0.39 is 24.7 Å². The Hall–Kier alpha value is -2.38. The van der Waals surface area contributed by atoms with Gasteiger partial charge in [-0.3, -0.25) is 0 Å².